The number of rotatable bonds is 8. The Labute approximate surface area is 343 Å². The average Bonchev–Trinajstić information content (AvgIpc) is 3.32. The van der Waals surface area contributed by atoms with Crippen molar-refractivity contribution >= 4 is 22.4 Å². The third-order valence-electron chi connectivity index (χ3n) is 10.8. The van der Waals surface area contributed by atoms with Crippen LogP contribution in [0.25, 0.3) is 67.2 Å². The number of fused-ring (bicyclic) bond motifs is 1. The molecule has 1 aliphatic heterocycles. The van der Waals surface area contributed by atoms with Gasteiger partial charge in [0.15, 0.2) is 23.3 Å². The van der Waals surface area contributed by atoms with Gasteiger partial charge in [-0.15, -0.1) is 0 Å². The van der Waals surface area contributed by atoms with Crippen LogP contribution in [0.15, 0.2) is 216 Å². The Hall–Kier alpha value is -7.83. The van der Waals surface area contributed by atoms with E-state index < -0.39 is 0 Å². The van der Waals surface area contributed by atoms with Crippen LogP contribution < -0.4 is 0 Å². The van der Waals surface area contributed by atoms with E-state index in [1.54, 1.807) is 0 Å². The molecule has 59 heavy (non-hydrogen) atoms. The molecule has 0 bridgehead atoms. The van der Waals surface area contributed by atoms with Crippen molar-refractivity contribution in [3.05, 3.63) is 223 Å². The molecule has 0 radical (unpaired) electrons. The number of aromatic nitrogens is 3. The van der Waals surface area contributed by atoms with Crippen molar-refractivity contribution in [2.45, 2.75) is 6.17 Å². The van der Waals surface area contributed by atoms with Gasteiger partial charge in [-0.3, -0.25) is 0 Å². The molecule has 1 unspecified atom stereocenters. The maximum atomic E-state index is 5.16. The predicted octanol–water partition coefficient (Wildman–Crippen LogP) is 12.2. The van der Waals surface area contributed by atoms with Crippen molar-refractivity contribution < 1.29 is 0 Å². The molecule has 0 saturated carbocycles. The lowest BCUT2D eigenvalue weighted by atomic mass is 9.96. The summed E-state index contributed by atoms with van der Waals surface area (Å²) >= 11 is 0. The van der Waals surface area contributed by atoms with Gasteiger partial charge in [0.25, 0.3) is 0 Å². The van der Waals surface area contributed by atoms with Crippen molar-refractivity contribution in [1.29, 1.82) is 0 Å². The van der Waals surface area contributed by atoms with Gasteiger partial charge in [0.1, 0.15) is 12.0 Å². The van der Waals surface area contributed by atoms with Gasteiger partial charge in [0.05, 0.1) is 0 Å². The van der Waals surface area contributed by atoms with Crippen molar-refractivity contribution in [1.82, 2.24) is 19.9 Å². The second-order valence-corrected chi connectivity index (χ2v) is 14.6. The summed E-state index contributed by atoms with van der Waals surface area (Å²) in [6.45, 7) is 0. The largest absolute Gasteiger partial charge is 0.333 e. The Morgan fingerprint density at radius 2 is 0.746 bits per heavy atom. The van der Waals surface area contributed by atoms with Gasteiger partial charge in [-0.25, -0.2) is 24.9 Å². The standard InChI is InChI=1S/C53H38N6/c1-59-52(43-18-10-4-11-19-43)57-51(58-53(59)44-20-12-5-13-21-44)42-30-24-37(25-31-42)46-33-27-38-26-32-45(34-47(38)35-46)36-22-28-41(29-23-36)50-55-48(39-14-6-2-7-15-39)54-49(56-50)40-16-8-3-9-17-40/h2-35,52H,1H3. The van der Waals surface area contributed by atoms with E-state index in [1.165, 1.54) is 10.8 Å². The van der Waals surface area contributed by atoms with E-state index >= 15 is 0 Å². The summed E-state index contributed by atoms with van der Waals surface area (Å²) in [7, 11) is 2.06. The first-order valence-electron chi connectivity index (χ1n) is 19.7. The van der Waals surface area contributed by atoms with Crippen LogP contribution in [0.5, 0.6) is 0 Å². The highest BCUT2D eigenvalue weighted by molar-refractivity contribution is 6.13. The zero-order valence-corrected chi connectivity index (χ0v) is 32.4. The maximum absolute atomic E-state index is 5.16. The molecule has 0 N–H and O–H groups in total. The summed E-state index contributed by atoms with van der Waals surface area (Å²) in [6, 6.07) is 71.3. The van der Waals surface area contributed by atoms with Crippen molar-refractivity contribution in [2.24, 2.45) is 9.98 Å². The van der Waals surface area contributed by atoms with Gasteiger partial charge in [-0.1, -0.05) is 194 Å². The summed E-state index contributed by atoms with van der Waals surface area (Å²) < 4.78 is 0. The molecule has 1 aliphatic rings. The van der Waals surface area contributed by atoms with Crippen LogP contribution in [-0.4, -0.2) is 38.6 Å². The van der Waals surface area contributed by atoms with E-state index in [-0.39, 0.29) is 6.17 Å². The summed E-state index contributed by atoms with van der Waals surface area (Å²) in [4.78, 5) is 27.1. The Morgan fingerprint density at radius 1 is 0.356 bits per heavy atom. The zero-order chi connectivity index (χ0) is 39.5. The minimum absolute atomic E-state index is 0.187. The number of hydrogen-bond acceptors (Lipinski definition) is 6. The van der Waals surface area contributed by atoms with Gasteiger partial charge in [0, 0.05) is 34.9 Å². The molecule has 1 aromatic heterocycles. The fourth-order valence-corrected chi connectivity index (χ4v) is 7.61. The molecule has 0 saturated heterocycles. The molecule has 0 fully saturated rings. The summed E-state index contributed by atoms with van der Waals surface area (Å²) in [5, 5.41) is 2.36. The smallest absolute Gasteiger partial charge is 0.164 e. The van der Waals surface area contributed by atoms with Crippen LogP contribution >= 0.6 is 0 Å². The minimum Gasteiger partial charge on any atom is -0.333 e. The Bertz CT molecular complexity index is 2910. The number of benzene rings is 8. The van der Waals surface area contributed by atoms with Crippen LogP contribution in [0.2, 0.25) is 0 Å². The number of aliphatic imine (C=N–C) groups is 2. The quantitative estimate of drug-likeness (QED) is 0.155. The van der Waals surface area contributed by atoms with E-state index in [0.717, 1.165) is 67.3 Å². The lowest BCUT2D eigenvalue weighted by Crippen LogP contribution is -2.35. The Kier molecular flexibility index (Phi) is 9.41. The molecule has 6 nitrogen and oxygen atoms in total. The molecule has 2 heterocycles. The SMILES string of the molecule is CN1C(c2ccccc2)=NC(c2ccc(-c3ccc4ccc(-c5ccc(-c6nc(-c7ccccc7)nc(-c7ccccc7)n6)cc5)cc4c3)cc2)=NC1c1ccccc1. The van der Waals surface area contributed by atoms with E-state index in [4.69, 9.17) is 24.9 Å². The fraction of sp³-hybridized carbons (Fsp3) is 0.0377. The molecule has 0 spiro atoms. The molecule has 6 heteroatoms. The molecule has 8 aromatic carbocycles. The van der Waals surface area contributed by atoms with Crippen molar-refractivity contribution in [3.8, 4) is 56.4 Å². The van der Waals surface area contributed by atoms with Gasteiger partial charge in [-0.2, -0.15) is 0 Å². The van der Waals surface area contributed by atoms with Crippen LogP contribution in [-0.2, 0) is 0 Å². The summed E-state index contributed by atoms with van der Waals surface area (Å²) in [5.41, 5.74) is 10.5. The average molecular weight is 759 g/mol. The first-order chi connectivity index (χ1) is 29.1. The Balaban J connectivity index is 0.935. The van der Waals surface area contributed by atoms with Crippen molar-refractivity contribution in [2.75, 3.05) is 7.05 Å². The number of hydrogen-bond donors (Lipinski definition) is 0. The van der Waals surface area contributed by atoms with Gasteiger partial charge in [-0.05, 0) is 50.7 Å². The summed E-state index contributed by atoms with van der Waals surface area (Å²) in [6.07, 6.45) is -0.187. The molecule has 1 atom stereocenters. The minimum atomic E-state index is -0.187. The van der Waals surface area contributed by atoms with Gasteiger partial charge >= 0.3 is 0 Å². The van der Waals surface area contributed by atoms with Gasteiger partial charge < -0.3 is 4.90 Å². The third kappa shape index (κ3) is 7.31. The molecular weight excluding hydrogens is 721 g/mol. The second kappa shape index (κ2) is 15.6. The molecular formula is C53H38N6. The van der Waals surface area contributed by atoms with Gasteiger partial charge in [0.2, 0.25) is 0 Å². The maximum Gasteiger partial charge on any atom is 0.164 e. The van der Waals surface area contributed by atoms with Crippen LogP contribution in [0.4, 0.5) is 0 Å². The normalized spacial score (nSPS) is 13.8. The zero-order valence-electron chi connectivity index (χ0n) is 32.4. The molecule has 9 aromatic rings. The topological polar surface area (TPSA) is 66.6 Å². The lowest BCUT2D eigenvalue weighted by molar-refractivity contribution is 0.383. The summed E-state index contributed by atoms with van der Waals surface area (Å²) in [5.74, 6) is 3.56. The van der Waals surface area contributed by atoms with E-state index in [1.807, 2.05) is 84.9 Å². The highest BCUT2D eigenvalue weighted by atomic mass is 15.3. The molecule has 10 rings (SSSR count). The van der Waals surface area contributed by atoms with Crippen LogP contribution in [0, 0.1) is 0 Å². The second-order valence-electron chi connectivity index (χ2n) is 14.6. The van der Waals surface area contributed by atoms with E-state index in [9.17, 15) is 0 Å². The van der Waals surface area contributed by atoms with E-state index in [2.05, 4.69) is 133 Å². The fourth-order valence-electron chi connectivity index (χ4n) is 7.61. The number of nitrogens with zero attached hydrogens (tertiary/aromatic N) is 6. The lowest BCUT2D eigenvalue weighted by Gasteiger charge is -2.32. The monoisotopic (exact) mass is 758 g/mol. The molecule has 0 aliphatic carbocycles. The van der Waals surface area contributed by atoms with Crippen LogP contribution in [0.3, 0.4) is 0 Å². The molecule has 280 valence electrons. The highest BCUT2D eigenvalue weighted by Crippen LogP contribution is 2.33. The van der Waals surface area contributed by atoms with Crippen molar-refractivity contribution in [3.63, 3.8) is 0 Å². The highest BCUT2D eigenvalue weighted by Gasteiger charge is 2.26. The number of amidine groups is 2. The first kappa shape index (κ1) is 35.6. The van der Waals surface area contributed by atoms with E-state index in [0.29, 0.717) is 17.5 Å². The van der Waals surface area contributed by atoms with Crippen LogP contribution in [0.1, 0.15) is 22.9 Å². The Morgan fingerprint density at radius 3 is 1.24 bits per heavy atom. The molecule has 0 amide bonds. The third-order valence-corrected chi connectivity index (χ3v) is 10.8. The first-order valence-corrected chi connectivity index (χ1v) is 19.7. The predicted molar refractivity (Wildman–Crippen MR) is 241 cm³/mol.